The molecule has 3 aromatic heterocycles. The molecule has 0 spiro atoms. The molecule has 0 radical (unpaired) electrons. The number of aromatic nitrogens is 5. The monoisotopic (exact) mass is 345 g/mol. The molecule has 130 valence electrons. The number of benzene rings is 1. The Morgan fingerprint density at radius 1 is 1.00 bits per heavy atom. The average molecular weight is 345 g/mol. The van der Waals surface area contributed by atoms with Crippen molar-refractivity contribution in [3.05, 3.63) is 42.2 Å². The van der Waals surface area contributed by atoms with Crippen molar-refractivity contribution >= 4 is 28.2 Å². The molecular weight excluding hydrogens is 326 g/mol. The van der Waals surface area contributed by atoms with E-state index in [-0.39, 0.29) is 0 Å². The summed E-state index contributed by atoms with van der Waals surface area (Å²) >= 11 is 0. The summed E-state index contributed by atoms with van der Waals surface area (Å²) in [6.45, 7) is 3.99. The van der Waals surface area contributed by atoms with Crippen molar-refractivity contribution < 1.29 is 0 Å². The van der Waals surface area contributed by atoms with Gasteiger partial charge < -0.3 is 10.6 Å². The average Bonchev–Trinajstić information content (AvgIpc) is 3.31. The summed E-state index contributed by atoms with van der Waals surface area (Å²) in [5, 5.41) is 4.71. The lowest BCUT2D eigenvalue weighted by Gasteiger charge is -2.16. The third kappa shape index (κ3) is 2.35. The number of rotatable bonds is 2. The van der Waals surface area contributed by atoms with Crippen LogP contribution in [0.2, 0.25) is 0 Å². The van der Waals surface area contributed by atoms with Gasteiger partial charge >= 0.3 is 0 Å². The number of para-hydroxylation sites is 2. The van der Waals surface area contributed by atoms with Crippen LogP contribution in [-0.2, 0) is 0 Å². The first kappa shape index (κ1) is 15.1. The van der Waals surface area contributed by atoms with Crippen LogP contribution in [0.1, 0.15) is 18.5 Å². The van der Waals surface area contributed by atoms with E-state index >= 15 is 0 Å². The highest BCUT2D eigenvalue weighted by Gasteiger charge is 2.18. The molecule has 4 heterocycles. The van der Waals surface area contributed by atoms with E-state index in [1.54, 1.807) is 4.52 Å². The molecule has 26 heavy (non-hydrogen) atoms. The van der Waals surface area contributed by atoms with Crippen molar-refractivity contribution in [1.82, 2.24) is 24.6 Å². The van der Waals surface area contributed by atoms with E-state index in [2.05, 4.69) is 14.9 Å². The minimum absolute atomic E-state index is 0.625. The molecule has 0 saturated carbocycles. The van der Waals surface area contributed by atoms with Crippen LogP contribution in [0.15, 0.2) is 36.5 Å². The summed E-state index contributed by atoms with van der Waals surface area (Å²) in [5.41, 5.74) is 11.6. The van der Waals surface area contributed by atoms with Crippen LogP contribution in [-0.4, -0.2) is 37.7 Å². The lowest BCUT2D eigenvalue weighted by atomic mass is 10.2. The molecule has 1 fully saturated rings. The van der Waals surface area contributed by atoms with Crippen molar-refractivity contribution in [3.8, 4) is 11.4 Å². The largest absolute Gasteiger partial charge is 0.396 e. The molecule has 1 aliphatic heterocycles. The fourth-order valence-corrected chi connectivity index (χ4v) is 3.53. The van der Waals surface area contributed by atoms with Crippen molar-refractivity contribution in [2.75, 3.05) is 23.7 Å². The van der Waals surface area contributed by atoms with Gasteiger partial charge in [0, 0.05) is 19.2 Å². The molecule has 4 aromatic rings. The maximum atomic E-state index is 6.26. The molecule has 1 aromatic carbocycles. The van der Waals surface area contributed by atoms with Crippen molar-refractivity contribution in [2.45, 2.75) is 19.8 Å². The Hall–Kier alpha value is -3.22. The van der Waals surface area contributed by atoms with E-state index in [4.69, 9.17) is 15.8 Å². The summed E-state index contributed by atoms with van der Waals surface area (Å²) in [4.78, 5) is 16.3. The molecule has 7 nitrogen and oxygen atoms in total. The van der Waals surface area contributed by atoms with Gasteiger partial charge in [-0.15, -0.1) is 5.10 Å². The van der Waals surface area contributed by atoms with Gasteiger partial charge in [0.2, 0.25) is 0 Å². The zero-order chi connectivity index (χ0) is 17.7. The highest BCUT2D eigenvalue weighted by molar-refractivity contribution is 5.79. The van der Waals surface area contributed by atoms with Gasteiger partial charge in [-0.1, -0.05) is 12.1 Å². The Bertz CT molecular complexity index is 1130. The Balaban J connectivity index is 1.65. The number of hydrogen-bond donors (Lipinski definition) is 1. The second-order valence-corrected chi connectivity index (χ2v) is 6.69. The lowest BCUT2D eigenvalue weighted by Crippen LogP contribution is -2.20. The predicted octanol–water partition coefficient (Wildman–Crippen LogP) is 2.83. The quantitative estimate of drug-likeness (QED) is 0.601. The summed E-state index contributed by atoms with van der Waals surface area (Å²) in [7, 11) is 0. The van der Waals surface area contributed by atoms with Crippen molar-refractivity contribution in [1.29, 1.82) is 0 Å². The number of imidazole rings is 1. The smallest absolute Gasteiger partial charge is 0.177 e. The molecule has 1 aliphatic rings. The van der Waals surface area contributed by atoms with Gasteiger partial charge in [-0.25, -0.2) is 19.5 Å². The number of anilines is 2. The fourth-order valence-electron chi connectivity index (χ4n) is 3.53. The van der Waals surface area contributed by atoms with Gasteiger partial charge in [0.15, 0.2) is 11.5 Å². The number of fused-ring (bicyclic) bond motifs is 2. The SMILES string of the molecule is Cc1nc2ccccc2nc1-c1cn2nc(N3CCCC3)cc(N)c2n1. The van der Waals surface area contributed by atoms with E-state index in [1.807, 2.05) is 43.5 Å². The van der Waals surface area contributed by atoms with Crippen LogP contribution in [0.4, 0.5) is 11.5 Å². The Morgan fingerprint density at radius 2 is 1.73 bits per heavy atom. The molecule has 0 amide bonds. The van der Waals surface area contributed by atoms with Crippen molar-refractivity contribution in [3.63, 3.8) is 0 Å². The summed E-state index contributed by atoms with van der Waals surface area (Å²) in [6.07, 6.45) is 4.28. The number of hydrogen-bond acceptors (Lipinski definition) is 6. The fraction of sp³-hybridized carbons (Fsp3) is 0.263. The van der Waals surface area contributed by atoms with Gasteiger partial charge in [-0.3, -0.25) is 0 Å². The number of nitrogen functional groups attached to an aromatic ring is 1. The molecule has 0 bridgehead atoms. The lowest BCUT2D eigenvalue weighted by molar-refractivity contribution is 0.861. The van der Waals surface area contributed by atoms with Gasteiger partial charge in [0.25, 0.3) is 0 Å². The zero-order valence-corrected chi connectivity index (χ0v) is 14.6. The molecule has 0 unspecified atom stereocenters. The summed E-state index contributed by atoms with van der Waals surface area (Å²) in [6, 6.07) is 9.76. The maximum absolute atomic E-state index is 6.26. The maximum Gasteiger partial charge on any atom is 0.177 e. The minimum atomic E-state index is 0.625. The van der Waals surface area contributed by atoms with Crippen LogP contribution < -0.4 is 10.6 Å². The van der Waals surface area contributed by atoms with Crippen LogP contribution in [0, 0.1) is 6.92 Å². The van der Waals surface area contributed by atoms with Gasteiger partial charge in [0.1, 0.15) is 11.4 Å². The van der Waals surface area contributed by atoms with Crippen LogP contribution >= 0.6 is 0 Å². The Labute approximate surface area is 150 Å². The molecule has 5 rings (SSSR count). The predicted molar refractivity (Wildman–Crippen MR) is 102 cm³/mol. The number of aryl methyl sites for hydroxylation is 1. The Morgan fingerprint density at radius 3 is 2.50 bits per heavy atom. The van der Waals surface area contributed by atoms with E-state index < -0.39 is 0 Å². The zero-order valence-electron chi connectivity index (χ0n) is 14.6. The highest BCUT2D eigenvalue weighted by Crippen LogP contribution is 2.27. The first-order valence-corrected chi connectivity index (χ1v) is 8.84. The van der Waals surface area contributed by atoms with Crippen LogP contribution in [0.25, 0.3) is 28.1 Å². The van der Waals surface area contributed by atoms with E-state index in [1.165, 1.54) is 12.8 Å². The molecule has 2 N–H and O–H groups in total. The topological polar surface area (TPSA) is 85.2 Å². The van der Waals surface area contributed by atoms with E-state index in [0.717, 1.165) is 47.0 Å². The molecule has 0 aliphatic carbocycles. The first-order valence-electron chi connectivity index (χ1n) is 8.84. The Kier molecular flexibility index (Phi) is 3.28. The van der Waals surface area contributed by atoms with E-state index in [9.17, 15) is 0 Å². The standard InChI is InChI=1S/C19H19N7/c1-12-18(22-15-7-3-2-6-14(15)21-12)16-11-26-19(23-16)13(20)10-17(24-26)25-8-4-5-9-25/h2-3,6-7,10-11H,4-5,8-9,20H2,1H3. The summed E-state index contributed by atoms with van der Waals surface area (Å²) in [5.74, 6) is 0.901. The van der Waals surface area contributed by atoms with Crippen LogP contribution in [0.3, 0.4) is 0 Å². The molecule has 1 saturated heterocycles. The second kappa shape index (κ2) is 5.66. The third-order valence-corrected chi connectivity index (χ3v) is 4.86. The van der Waals surface area contributed by atoms with Gasteiger partial charge in [-0.2, -0.15) is 0 Å². The second-order valence-electron chi connectivity index (χ2n) is 6.69. The first-order chi connectivity index (χ1) is 12.7. The van der Waals surface area contributed by atoms with Gasteiger partial charge in [0.05, 0.1) is 28.6 Å². The van der Waals surface area contributed by atoms with Crippen LogP contribution in [0.5, 0.6) is 0 Å². The molecular formula is C19H19N7. The molecule has 7 heteroatoms. The highest BCUT2D eigenvalue weighted by atomic mass is 15.3. The molecule has 0 atom stereocenters. The number of nitrogens with two attached hydrogens (primary N) is 1. The normalized spacial score (nSPS) is 14.6. The minimum Gasteiger partial charge on any atom is -0.396 e. The van der Waals surface area contributed by atoms with Gasteiger partial charge in [-0.05, 0) is 31.9 Å². The third-order valence-electron chi connectivity index (χ3n) is 4.86. The van der Waals surface area contributed by atoms with E-state index in [0.29, 0.717) is 11.3 Å². The number of nitrogens with zero attached hydrogens (tertiary/aromatic N) is 6. The van der Waals surface area contributed by atoms with Crippen molar-refractivity contribution in [2.24, 2.45) is 0 Å². The summed E-state index contributed by atoms with van der Waals surface area (Å²) < 4.78 is 1.76.